The second-order valence-electron chi connectivity index (χ2n) is 7.59. The van der Waals surface area contributed by atoms with Gasteiger partial charge in [-0.2, -0.15) is 0 Å². The quantitative estimate of drug-likeness (QED) is 0.912. The van der Waals surface area contributed by atoms with Crippen molar-refractivity contribution in [2.75, 3.05) is 13.1 Å². The van der Waals surface area contributed by atoms with Crippen molar-refractivity contribution in [2.45, 2.75) is 50.5 Å². The molecule has 1 saturated heterocycles. The summed E-state index contributed by atoms with van der Waals surface area (Å²) in [5, 5.41) is 0. The van der Waals surface area contributed by atoms with Crippen LogP contribution in [0.15, 0.2) is 24.3 Å². The van der Waals surface area contributed by atoms with Gasteiger partial charge in [-0.3, -0.25) is 4.79 Å². The fraction of sp³-hybridized carbons (Fsp3) is 0.632. The largest absolute Gasteiger partial charge is 0.342 e. The SMILES string of the molecule is CC(N)C1CCN(C(=O)C2CC23CCc2ccccc23)CC1. The molecule has 1 saturated carbocycles. The van der Waals surface area contributed by atoms with Crippen molar-refractivity contribution in [3.05, 3.63) is 35.4 Å². The third-order valence-electron chi connectivity index (χ3n) is 6.36. The molecule has 1 spiro atoms. The Balaban J connectivity index is 1.44. The van der Waals surface area contributed by atoms with Gasteiger partial charge < -0.3 is 10.6 Å². The summed E-state index contributed by atoms with van der Waals surface area (Å²) in [6, 6.07) is 8.98. The standard InChI is InChI=1S/C19H26N2O/c1-13(20)14-7-10-21(11-8-14)18(22)17-12-19(17)9-6-15-4-2-3-5-16(15)19/h2-5,13-14,17H,6-12,20H2,1H3. The minimum Gasteiger partial charge on any atom is -0.342 e. The third kappa shape index (κ3) is 2.10. The molecule has 1 amide bonds. The van der Waals surface area contributed by atoms with Crippen LogP contribution in [0, 0.1) is 11.8 Å². The first-order valence-electron chi connectivity index (χ1n) is 8.74. The van der Waals surface area contributed by atoms with Crippen LogP contribution in [0.4, 0.5) is 0 Å². The van der Waals surface area contributed by atoms with E-state index in [0.717, 1.165) is 38.8 Å². The summed E-state index contributed by atoms with van der Waals surface area (Å²) in [7, 11) is 0. The average Bonchev–Trinajstić information content (AvgIpc) is 3.16. The van der Waals surface area contributed by atoms with Crippen molar-refractivity contribution >= 4 is 5.91 Å². The molecule has 2 fully saturated rings. The zero-order valence-electron chi connectivity index (χ0n) is 13.4. The van der Waals surface area contributed by atoms with Gasteiger partial charge in [0.15, 0.2) is 0 Å². The maximum absolute atomic E-state index is 12.9. The molecule has 22 heavy (non-hydrogen) atoms. The summed E-state index contributed by atoms with van der Waals surface area (Å²) in [5.41, 5.74) is 9.11. The minimum absolute atomic E-state index is 0.186. The van der Waals surface area contributed by atoms with Crippen molar-refractivity contribution < 1.29 is 4.79 Å². The zero-order valence-corrected chi connectivity index (χ0v) is 13.4. The monoisotopic (exact) mass is 298 g/mol. The fourth-order valence-electron chi connectivity index (χ4n) is 4.79. The van der Waals surface area contributed by atoms with Crippen LogP contribution in [-0.2, 0) is 16.6 Å². The van der Waals surface area contributed by atoms with Crippen LogP contribution in [-0.4, -0.2) is 29.9 Å². The number of aryl methyl sites for hydroxylation is 1. The van der Waals surface area contributed by atoms with Gasteiger partial charge in [-0.25, -0.2) is 0 Å². The first kappa shape index (κ1) is 14.3. The number of rotatable bonds is 2. The summed E-state index contributed by atoms with van der Waals surface area (Å²) in [6.45, 7) is 3.89. The molecule has 2 aliphatic carbocycles. The summed E-state index contributed by atoms with van der Waals surface area (Å²) in [5.74, 6) is 1.23. The minimum atomic E-state index is 0.186. The Labute approximate surface area is 132 Å². The highest BCUT2D eigenvalue weighted by atomic mass is 16.2. The molecule has 3 atom stereocenters. The predicted octanol–water partition coefficient (Wildman–Crippen LogP) is 2.48. The van der Waals surface area contributed by atoms with E-state index in [0.29, 0.717) is 11.8 Å². The average molecular weight is 298 g/mol. The van der Waals surface area contributed by atoms with Crippen molar-refractivity contribution in [3.63, 3.8) is 0 Å². The molecule has 0 aromatic heterocycles. The van der Waals surface area contributed by atoms with Gasteiger partial charge in [0.1, 0.15) is 0 Å². The van der Waals surface area contributed by atoms with Crippen molar-refractivity contribution in [3.8, 4) is 0 Å². The lowest BCUT2D eigenvalue weighted by Crippen LogP contribution is -2.43. The van der Waals surface area contributed by atoms with E-state index in [1.165, 1.54) is 17.5 Å². The Morgan fingerprint density at radius 3 is 2.77 bits per heavy atom. The number of fused-ring (bicyclic) bond motifs is 2. The molecule has 1 aromatic carbocycles. The Morgan fingerprint density at radius 2 is 2.05 bits per heavy atom. The number of hydrogen-bond donors (Lipinski definition) is 1. The van der Waals surface area contributed by atoms with Crippen molar-refractivity contribution in [2.24, 2.45) is 17.6 Å². The normalized spacial score (nSPS) is 32.1. The number of hydrogen-bond acceptors (Lipinski definition) is 2. The maximum atomic E-state index is 12.9. The molecule has 0 bridgehead atoms. The second kappa shape index (κ2) is 5.09. The van der Waals surface area contributed by atoms with Gasteiger partial charge in [0.05, 0.1) is 0 Å². The van der Waals surface area contributed by atoms with E-state index in [4.69, 9.17) is 5.73 Å². The van der Waals surface area contributed by atoms with E-state index in [1.54, 1.807) is 0 Å². The molecule has 1 heterocycles. The number of carbonyl (C=O) groups excluding carboxylic acids is 1. The lowest BCUT2D eigenvalue weighted by molar-refractivity contribution is -0.134. The summed E-state index contributed by atoms with van der Waals surface area (Å²) in [4.78, 5) is 15.0. The number of nitrogens with zero attached hydrogens (tertiary/aromatic N) is 1. The molecular weight excluding hydrogens is 272 g/mol. The van der Waals surface area contributed by atoms with Crippen molar-refractivity contribution in [1.82, 2.24) is 4.90 Å². The topological polar surface area (TPSA) is 46.3 Å². The van der Waals surface area contributed by atoms with Crippen LogP contribution in [0.3, 0.4) is 0 Å². The van der Waals surface area contributed by atoms with Crippen LogP contribution >= 0.6 is 0 Å². The van der Waals surface area contributed by atoms with E-state index in [9.17, 15) is 4.79 Å². The highest BCUT2D eigenvalue weighted by molar-refractivity contribution is 5.85. The lowest BCUT2D eigenvalue weighted by atomic mass is 9.90. The first-order valence-corrected chi connectivity index (χ1v) is 8.74. The highest BCUT2D eigenvalue weighted by Gasteiger charge is 2.62. The van der Waals surface area contributed by atoms with Crippen LogP contribution in [0.2, 0.25) is 0 Å². The maximum Gasteiger partial charge on any atom is 0.226 e. The van der Waals surface area contributed by atoms with E-state index < -0.39 is 0 Å². The van der Waals surface area contributed by atoms with Gasteiger partial charge in [0.2, 0.25) is 5.91 Å². The first-order chi connectivity index (χ1) is 10.6. The number of nitrogens with two attached hydrogens (primary N) is 1. The van der Waals surface area contributed by atoms with Crippen LogP contribution in [0.5, 0.6) is 0 Å². The summed E-state index contributed by atoms with van der Waals surface area (Å²) in [6.07, 6.45) is 5.52. The second-order valence-corrected chi connectivity index (χ2v) is 7.59. The Morgan fingerprint density at radius 1 is 1.32 bits per heavy atom. The van der Waals surface area contributed by atoms with E-state index >= 15 is 0 Å². The van der Waals surface area contributed by atoms with Crippen LogP contribution < -0.4 is 5.73 Å². The van der Waals surface area contributed by atoms with Gasteiger partial charge in [-0.15, -0.1) is 0 Å². The molecular formula is C19H26N2O. The van der Waals surface area contributed by atoms with Gasteiger partial charge in [-0.1, -0.05) is 24.3 Å². The third-order valence-corrected chi connectivity index (χ3v) is 6.36. The number of amides is 1. The van der Waals surface area contributed by atoms with Gasteiger partial charge in [0, 0.05) is 30.5 Å². The molecule has 4 rings (SSSR count). The molecule has 118 valence electrons. The fourth-order valence-corrected chi connectivity index (χ4v) is 4.79. The number of likely N-dealkylation sites (tertiary alicyclic amines) is 1. The van der Waals surface area contributed by atoms with E-state index in [1.807, 2.05) is 0 Å². The Hall–Kier alpha value is -1.35. The number of piperidine rings is 1. The number of carbonyl (C=O) groups is 1. The summed E-state index contributed by atoms with van der Waals surface area (Å²) >= 11 is 0. The molecule has 1 aliphatic heterocycles. The molecule has 3 nitrogen and oxygen atoms in total. The lowest BCUT2D eigenvalue weighted by Gasteiger charge is -2.34. The molecule has 3 heteroatoms. The van der Waals surface area contributed by atoms with E-state index in [2.05, 4.69) is 36.1 Å². The summed E-state index contributed by atoms with van der Waals surface area (Å²) < 4.78 is 0. The van der Waals surface area contributed by atoms with Crippen LogP contribution in [0.25, 0.3) is 0 Å². The molecule has 2 N–H and O–H groups in total. The van der Waals surface area contributed by atoms with Crippen LogP contribution in [0.1, 0.15) is 43.7 Å². The van der Waals surface area contributed by atoms with E-state index in [-0.39, 0.29) is 17.4 Å². The van der Waals surface area contributed by atoms with Gasteiger partial charge in [0.25, 0.3) is 0 Å². The van der Waals surface area contributed by atoms with Gasteiger partial charge >= 0.3 is 0 Å². The smallest absolute Gasteiger partial charge is 0.226 e. The molecule has 3 aliphatic rings. The predicted molar refractivity (Wildman–Crippen MR) is 87.5 cm³/mol. The Kier molecular flexibility index (Phi) is 3.30. The molecule has 0 radical (unpaired) electrons. The molecule has 1 aromatic rings. The highest BCUT2D eigenvalue weighted by Crippen LogP contribution is 2.62. The molecule has 3 unspecified atom stereocenters. The Bertz CT molecular complexity index is 589. The van der Waals surface area contributed by atoms with Gasteiger partial charge in [-0.05, 0) is 56.1 Å². The zero-order chi connectivity index (χ0) is 15.3. The number of benzene rings is 1. The van der Waals surface area contributed by atoms with Crippen molar-refractivity contribution in [1.29, 1.82) is 0 Å².